The van der Waals surface area contributed by atoms with E-state index in [0.29, 0.717) is 23.7 Å². The van der Waals surface area contributed by atoms with Crippen molar-refractivity contribution in [1.29, 1.82) is 0 Å². The molecule has 170 valence electrons. The van der Waals surface area contributed by atoms with Gasteiger partial charge in [-0.05, 0) is 38.1 Å². The van der Waals surface area contributed by atoms with E-state index >= 15 is 0 Å². The zero-order valence-corrected chi connectivity index (χ0v) is 19.1. The summed E-state index contributed by atoms with van der Waals surface area (Å²) in [7, 11) is 0. The number of carbonyl (C=O) groups is 3. The van der Waals surface area contributed by atoms with E-state index in [2.05, 4.69) is 10.3 Å². The largest absolute Gasteiger partial charge is 0.493 e. The quantitative estimate of drug-likeness (QED) is 0.535. The highest BCUT2D eigenvalue weighted by atomic mass is 32.1. The molecule has 1 unspecified atom stereocenters. The number of anilines is 2. The van der Waals surface area contributed by atoms with Crippen molar-refractivity contribution in [3.8, 4) is 16.3 Å². The second-order valence-electron chi connectivity index (χ2n) is 7.37. The van der Waals surface area contributed by atoms with Gasteiger partial charge in [-0.1, -0.05) is 24.3 Å². The van der Waals surface area contributed by atoms with Crippen molar-refractivity contribution in [3.63, 3.8) is 0 Å². The fourth-order valence-corrected chi connectivity index (χ4v) is 4.37. The fraction of sp³-hybridized carbons (Fsp3) is 0.250. The third kappa shape index (κ3) is 5.04. The maximum atomic E-state index is 12.9. The van der Waals surface area contributed by atoms with E-state index in [-0.39, 0.29) is 18.9 Å². The zero-order valence-electron chi connectivity index (χ0n) is 18.2. The van der Waals surface area contributed by atoms with Gasteiger partial charge in [0.25, 0.3) is 5.91 Å². The second kappa shape index (κ2) is 9.83. The molecule has 0 bridgehead atoms. The molecule has 33 heavy (non-hydrogen) atoms. The van der Waals surface area contributed by atoms with Crippen LogP contribution in [0, 0.1) is 0 Å². The predicted molar refractivity (Wildman–Crippen MR) is 125 cm³/mol. The van der Waals surface area contributed by atoms with Crippen molar-refractivity contribution in [2.75, 3.05) is 23.4 Å². The summed E-state index contributed by atoms with van der Waals surface area (Å²) in [6, 6.07) is 14.6. The van der Waals surface area contributed by atoms with E-state index in [4.69, 9.17) is 9.47 Å². The maximum absolute atomic E-state index is 12.9. The summed E-state index contributed by atoms with van der Waals surface area (Å²) < 4.78 is 11.0. The van der Waals surface area contributed by atoms with Gasteiger partial charge in [-0.15, -0.1) is 11.3 Å². The number of hydrogen-bond donors (Lipinski definition) is 1. The van der Waals surface area contributed by atoms with Gasteiger partial charge in [0.15, 0.2) is 6.10 Å². The van der Waals surface area contributed by atoms with Crippen molar-refractivity contribution in [1.82, 2.24) is 4.98 Å². The van der Waals surface area contributed by atoms with Crippen LogP contribution in [-0.2, 0) is 25.5 Å². The number of fused-ring (bicyclic) bond motifs is 1. The van der Waals surface area contributed by atoms with Crippen LogP contribution in [0.4, 0.5) is 11.4 Å². The lowest BCUT2D eigenvalue weighted by Crippen LogP contribution is -2.47. The number of benzene rings is 2. The van der Waals surface area contributed by atoms with Crippen LogP contribution in [0.15, 0.2) is 53.9 Å². The Morgan fingerprint density at radius 2 is 1.94 bits per heavy atom. The van der Waals surface area contributed by atoms with Crippen molar-refractivity contribution in [2.24, 2.45) is 0 Å². The first-order valence-corrected chi connectivity index (χ1v) is 11.4. The number of nitrogens with one attached hydrogen (secondary N) is 1. The Morgan fingerprint density at radius 3 is 2.76 bits per heavy atom. The van der Waals surface area contributed by atoms with Crippen LogP contribution in [0.25, 0.3) is 10.6 Å². The van der Waals surface area contributed by atoms with E-state index < -0.39 is 18.0 Å². The molecule has 1 aliphatic rings. The average molecular weight is 466 g/mol. The number of para-hydroxylation sites is 3. The molecule has 0 saturated carbocycles. The Morgan fingerprint density at radius 1 is 1.18 bits per heavy atom. The van der Waals surface area contributed by atoms with Gasteiger partial charge in [-0.2, -0.15) is 0 Å². The molecule has 0 fully saturated rings. The smallest absolute Gasteiger partial charge is 0.312 e. The van der Waals surface area contributed by atoms with Crippen LogP contribution in [-0.4, -0.2) is 42.0 Å². The maximum Gasteiger partial charge on any atom is 0.312 e. The highest BCUT2D eigenvalue weighted by Crippen LogP contribution is 2.32. The number of carbonyl (C=O) groups excluding carboxylic acids is 3. The van der Waals surface area contributed by atoms with Gasteiger partial charge in [0.1, 0.15) is 17.3 Å². The minimum Gasteiger partial charge on any atom is -0.493 e. The summed E-state index contributed by atoms with van der Waals surface area (Å²) in [6.45, 7) is 3.82. The number of ether oxygens (including phenoxy) is 2. The van der Waals surface area contributed by atoms with Crippen LogP contribution in [0.1, 0.15) is 19.5 Å². The van der Waals surface area contributed by atoms with E-state index in [0.717, 1.165) is 16.3 Å². The number of aromatic nitrogens is 1. The summed E-state index contributed by atoms with van der Waals surface area (Å²) in [5.41, 5.74) is 2.52. The van der Waals surface area contributed by atoms with E-state index in [1.807, 2.05) is 31.2 Å². The standard InChI is InChI=1S/C24H23N3O5S/c1-3-31-20-11-7-4-8-17(20)23-25-16(14-33-23)12-22(29)32-15(2)24(30)27-13-21(28)26-18-9-5-6-10-19(18)27/h4-11,14-15H,3,12-13H2,1-2H3,(H,26,28). The molecule has 2 amide bonds. The van der Waals surface area contributed by atoms with Gasteiger partial charge >= 0.3 is 5.97 Å². The van der Waals surface area contributed by atoms with Crippen LogP contribution in [0.5, 0.6) is 5.75 Å². The second-order valence-corrected chi connectivity index (χ2v) is 8.23. The summed E-state index contributed by atoms with van der Waals surface area (Å²) in [6.07, 6.45) is -1.12. The molecule has 0 aliphatic carbocycles. The molecular weight excluding hydrogens is 442 g/mol. The summed E-state index contributed by atoms with van der Waals surface area (Å²) in [5.74, 6) is -0.604. The first-order chi connectivity index (χ1) is 16.0. The molecule has 9 heteroatoms. The normalized spacial score (nSPS) is 13.6. The van der Waals surface area contributed by atoms with Gasteiger partial charge in [0, 0.05) is 5.38 Å². The molecule has 3 aromatic rings. The summed E-state index contributed by atoms with van der Waals surface area (Å²) in [4.78, 5) is 43.3. The first kappa shape index (κ1) is 22.5. The Balaban J connectivity index is 1.41. The molecule has 2 heterocycles. The van der Waals surface area contributed by atoms with E-state index in [1.54, 1.807) is 29.6 Å². The molecule has 2 aromatic carbocycles. The van der Waals surface area contributed by atoms with E-state index in [9.17, 15) is 14.4 Å². The molecule has 1 atom stereocenters. The molecular formula is C24H23N3O5S. The van der Waals surface area contributed by atoms with Crippen LogP contribution in [0.3, 0.4) is 0 Å². The van der Waals surface area contributed by atoms with E-state index in [1.165, 1.54) is 23.2 Å². The molecule has 1 aromatic heterocycles. The fourth-order valence-electron chi connectivity index (χ4n) is 3.52. The number of rotatable bonds is 7. The Bertz CT molecular complexity index is 1190. The topological polar surface area (TPSA) is 97.8 Å². The third-order valence-electron chi connectivity index (χ3n) is 4.99. The molecule has 4 rings (SSSR count). The Labute approximate surface area is 195 Å². The molecule has 0 saturated heterocycles. The zero-order chi connectivity index (χ0) is 23.4. The monoisotopic (exact) mass is 465 g/mol. The number of hydrogen-bond acceptors (Lipinski definition) is 7. The van der Waals surface area contributed by atoms with Gasteiger partial charge in [0.05, 0.1) is 35.7 Å². The SMILES string of the molecule is CCOc1ccccc1-c1nc(CC(=O)OC(C)C(=O)N2CC(=O)Nc3ccccc32)cs1. The molecule has 1 aliphatic heterocycles. The van der Waals surface area contributed by atoms with Crippen molar-refractivity contribution >= 4 is 40.5 Å². The number of nitrogens with zero attached hydrogens (tertiary/aromatic N) is 2. The highest BCUT2D eigenvalue weighted by molar-refractivity contribution is 7.13. The van der Waals surface area contributed by atoms with Gasteiger partial charge in [0.2, 0.25) is 5.91 Å². The van der Waals surface area contributed by atoms with Crippen LogP contribution < -0.4 is 15.0 Å². The lowest BCUT2D eigenvalue weighted by molar-refractivity contribution is -0.153. The van der Waals surface area contributed by atoms with Crippen LogP contribution in [0.2, 0.25) is 0 Å². The molecule has 0 radical (unpaired) electrons. The highest BCUT2D eigenvalue weighted by Gasteiger charge is 2.31. The first-order valence-electron chi connectivity index (χ1n) is 10.5. The number of thiazole rings is 1. The van der Waals surface area contributed by atoms with Gasteiger partial charge in [-0.3, -0.25) is 19.3 Å². The minimum absolute atomic E-state index is 0.0675. The number of esters is 1. The van der Waals surface area contributed by atoms with Crippen molar-refractivity contribution in [3.05, 3.63) is 59.6 Å². The Hall–Kier alpha value is -3.72. The third-order valence-corrected chi connectivity index (χ3v) is 5.91. The molecule has 0 spiro atoms. The van der Waals surface area contributed by atoms with Crippen molar-refractivity contribution < 1.29 is 23.9 Å². The van der Waals surface area contributed by atoms with Gasteiger partial charge in [-0.25, -0.2) is 4.98 Å². The Kier molecular flexibility index (Phi) is 6.69. The summed E-state index contributed by atoms with van der Waals surface area (Å²) >= 11 is 1.41. The predicted octanol–water partition coefficient (Wildman–Crippen LogP) is 3.67. The number of amides is 2. The average Bonchev–Trinajstić information content (AvgIpc) is 3.26. The van der Waals surface area contributed by atoms with Crippen LogP contribution >= 0.6 is 11.3 Å². The summed E-state index contributed by atoms with van der Waals surface area (Å²) in [5, 5.41) is 5.25. The lowest BCUT2D eigenvalue weighted by Gasteiger charge is -2.30. The molecule has 8 nitrogen and oxygen atoms in total. The molecule has 1 N–H and O–H groups in total. The lowest BCUT2D eigenvalue weighted by atomic mass is 10.1. The van der Waals surface area contributed by atoms with Gasteiger partial charge < -0.3 is 14.8 Å². The minimum atomic E-state index is -1.05. The van der Waals surface area contributed by atoms with Crippen molar-refractivity contribution in [2.45, 2.75) is 26.4 Å².